The van der Waals surface area contributed by atoms with Crippen molar-refractivity contribution in [1.29, 1.82) is 0 Å². The van der Waals surface area contributed by atoms with E-state index in [1.807, 2.05) is 11.8 Å². The van der Waals surface area contributed by atoms with Crippen LogP contribution in [0.1, 0.15) is 38.2 Å². The van der Waals surface area contributed by atoms with E-state index in [4.69, 9.17) is 5.11 Å². The van der Waals surface area contributed by atoms with Crippen LogP contribution in [0.15, 0.2) is 12.4 Å². The van der Waals surface area contributed by atoms with Gasteiger partial charge in [-0.05, 0) is 43.1 Å². The number of piperidine rings is 1. The number of aliphatic hydroxyl groups is 1. The Morgan fingerprint density at radius 2 is 1.91 bits per heavy atom. The van der Waals surface area contributed by atoms with Gasteiger partial charge in [0.25, 0.3) is 0 Å². The van der Waals surface area contributed by atoms with E-state index >= 15 is 0 Å². The lowest BCUT2D eigenvalue weighted by Gasteiger charge is -2.42. The quantitative estimate of drug-likeness (QED) is 0.735. The Morgan fingerprint density at radius 1 is 1.30 bits per heavy atom. The average molecular weight is 342 g/mol. The van der Waals surface area contributed by atoms with Crippen LogP contribution in [0.5, 0.6) is 0 Å². The van der Waals surface area contributed by atoms with Gasteiger partial charge in [-0.3, -0.25) is 0 Å². The summed E-state index contributed by atoms with van der Waals surface area (Å²) in [7, 11) is -4.29. The molecule has 1 aromatic heterocycles. The first-order valence-corrected chi connectivity index (χ1v) is 9.55. The fourth-order valence-electron chi connectivity index (χ4n) is 3.17. The Morgan fingerprint density at radius 3 is 2.39 bits per heavy atom. The predicted octanol–water partition coefficient (Wildman–Crippen LogP) is 0.943. The molecule has 0 aliphatic carbocycles. The number of rotatable bonds is 7. The van der Waals surface area contributed by atoms with Crippen molar-refractivity contribution in [1.82, 2.24) is 9.97 Å². The molecule has 1 aliphatic rings. The molecule has 0 aromatic carbocycles. The molecule has 2 rings (SSSR count). The van der Waals surface area contributed by atoms with E-state index in [1.54, 1.807) is 12.4 Å². The largest absolute Gasteiger partial charge is 0.748 e. The van der Waals surface area contributed by atoms with Crippen molar-refractivity contribution in [2.75, 3.05) is 30.3 Å². The molecule has 0 radical (unpaired) electrons. The lowest BCUT2D eigenvalue weighted by atomic mass is 9.76. The maximum atomic E-state index is 11.2. The lowest BCUT2D eigenvalue weighted by molar-refractivity contribution is 0.191. The number of hydrogen-bond donors (Lipinski definition) is 1. The second kappa shape index (κ2) is 7.55. The molecule has 7 nitrogen and oxygen atoms in total. The van der Waals surface area contributed by atoms with Gasteiger partial charge in [-0.15, -0.1) is 0 Å². The molecule has 1 saturated heterocycles. The monoisotopic (exact) mass is 342 g/mol. The van der Waals surface area contributed by atoms with Gasteiger partial charge in [0.1, 0.15) is 0 Å². The van der Waals surface area contributed by atoms with Gasteiger partial charge in [-0.2, -0.15) is 0 Å². The minimum Gasteiger partial charge on any atom is -0.748 e. The van der Waals surface area contributed by atoms with Gasteiger partial charge < -0.3 is 14.6 Å². The van der Waals surface area contributed by atoms with Gasteiger partial charge in [0.2, 0.25) is 5.95 Å². The maximum absolute atomic E-state index is 11.2. The standard InChI is InChI=1S/C15H25N3O4S/c1-2-13-10-16-14(17-11-13)18-7-5-15(6-8-18,4-3-9-19)12-23(20,21)22/h10-11,19H,2-9,12H2,1H3,(H,20,21,22)/p-1. The van der Waals surface area contributed by atoms with Gasteiger partial charge in [0.05, 0.1) is 10.1 Å². The molecule has 1 fully saturated rings. The zero-order valence-electron chi connectivity index (χ0n) is 13.4. The van der Waals surface area contributed by atoms with E-state index in [9.17, 15) is 13.0 Å². The van der Waals surface area contributed by atoms with Crippen molar-refractivity contribution in [3.8, 4) is 0 Å². The van der Waals surface area contributed by atoms with Crippen LogP contribution in [0.3, 0.4) is 0 Å². The van der Waals surface area contributed by atoms with Crippen LogP contribution in [-0.4, -0.2) is 53.5 Å². The van der Waals surface area contributed by atoms with E-state index in [-0.39, 0.29) is 12.4 Å². The van der Waals surface area contributed by atoms with Crippen LogP contribution < -0.4 is 4.90 Å². The number of aromatic nitrogens is 2. The molecular weight excluding hydrogens is 318 g/mol. The van der Waals surface area contributed by atoms with Crippen LogP contribution >= 0.6 is 0 Å². The highest BCUT2D eigenvalue weighted by atomic mass is 32.2. The van der Waals surface area contributed by atoms with Gasteiger partial charge in [0.15, 0.2) is 0 Å². The molecule has 0 saturated carbocycles. The van der Waals surface area contributed by atoms with E-state index in [0.717, 1.165) is 12.0 Å². The summed E-state index contributed by atoms with van der Waals surface area (Å²) >= 11 is 0. The molecule has 1 aliphatic heterocycles. The van der Waals surface area contributed by atoms with Gasteiger partial charge in [0, 0.05) is 37.8 Å². The SMILES string of the molecule is CCc1cnc(N2CCC(CCCO)(CS(=O)(=O)[O-])CC2)nc1. The van der Waals surface area contributed by atoms with Crippen molar-refractivity contribution in [2.45, 2.75) is 39.0 Å². The third-order valence-corrected chi connectivity index (χ3v) is 5.52. The van der Waals surface area contributed by atoms with Crippen molar-refractivity contribution in [3.05, 3.63) is 18.0 Å². The number of anilines is 1. The van der Waals surface area contributed by atoms with Crippen molar-refractivity contribution in [2.24, 2.45) is 5.41 Å². The fourth-order valence-corrected chi connectivity index (χ4v) is 4.35. The molecule has 1 aromatic rings. The van der Waals surface area contributed by atoms with Crippen LogP contribution in [-0.2, 0) is 16.5 Å². The minimum absolute atomic E-state index is 0.00591. The normalized spacial score (nSPS) is 18.1. The van der Waals surface area contributed by atoms with E-state index < -0.39 is 15.5 Å². The van der Waals surface area contributed by atoms with Gasteiger partial charge >= 0.3 is 0 Å². The van der Waals surface area contributed by atoms with E-state index in [0.29, 0.717) is 44.7 Å². The Labute approximate surface area is 137 Å². The molecule has 2 heterocycles. The summed E-state index contributed by atoms with van der Waals surface area (Å²) in [6, 6.07) is 0. The molecule has 0 unspecified atom stereocenters. The number of aryl methyl sites for hydroxylation is 1. The van der Waals surface area contributed by atoms with Crippen LogP contribution in [0, 0.1) is 5.41 Å². The van der Waals surface area contributed by atoms with Crippen LogP contribution in [0.2, 0.25) is 0 Å². The summed E-state index contributed by atoms with van der Waals surface area (Å²) in [6.45, 7) is 3.28. The molecule has 0 spiro atoms. The second-order valence-corrected chi connectivity index (χ2v) is 7.67. The van der Waals surface area contributed by atoms with E-state index in [2.05, 4.69) is 9.97 Å². The second-order valence-electron chi connectivity index (χ2n) is 6.26. The van der Waals surface area contributed by atoms with E-state index in [1.165, 1.54) is 0 Å². The third-order valence-electron chi connectivity index (χ3n) is 4.56. The van der Waals surface area contributed by atoms with Crippen molar-refractivity contribution >= 4 is 16.1 Å². The first kappa shape index (κ1) is 18.1. The summed E-state index contributed by atoms with van der Waals surface area (Å²) in [5.74, 6) is 0.284. The molecule has 23 heavy (non-hydrogen) atoms. The topological polar surface area (TPSA) is 106 Å². The summed E-state index contributed by atoms with van der Waals surface area (Å²) in [6.07, 6.45) is 6.73. The van der Waals surface area contributed by atoms with Crippen LogP contribution in [0.4, 0.5) is 5.95 Å². The zero-order valence-corrected chi connectivity index (χ0v) is 14.3. The fraction of sp³-hybridized carbons (Fsp3) is 0.733. The van der Waals surface area contributed by atoms with Crippen molar-refractivity contribution < 1.29 is 18.1 Å². The predicted molar refractivity (Wildman–Crippen MR) is 86.2 cm³/mol. The number of hydrogen-bond acceptors (Lipinski definition) is 7. The Hall–Kier alpha value is -1.25. The first-order chi connectivity index (χ1) is 10.9. The maximum Gasteiger partial charge on any atom is 0.225 e. The molecule has 0 amide bonds. The lowest BCUT2D eigenvalue weighted by Crippen LogP contribution is -2.44. The number of nitrogens with zero attached hydrogens (tertiary/aromatic N) is 3. The van der Waals surface area contributed by atoms with Gasteiger partial charge in [-0.25, -0.2) is 18.4 Å². The highest BCUT2D eigenvalue weighted by Crippen LogP contribution is 2.38. The van der Waals surface area contributed by atoms with Gasteiger partial charge in [-0.1, -0.05) is 6.92 Å². The third kappa shape index (κ3) is 5.12. The summed E-state index contributed by atoms with van der Waals surface area (Å²) in [4.78, 5) is 10.7. The zero-order chi connectivity index (χ0) is 16.9. The average Bonchev–Trinajstić information content (AvgIpc) is 2.52. The summed E-state index contributed by atoms with van der Waals surface area (Å²) < 4.78 is 33.7. The minimum atomic E-state index is -4.29. The molecule has 130 valence electrons. The highest BCUT2D eigenvalue weighted by Gasteiger charge is 2.36. The summed E-state index contributed by atoms with van der Waals surface area (Å²) in [5.41, 5.74) is 0.531. The molecule has 1 N–H and O–H groups in total. The molecule has 0 atom stereocenters. The Bertz CT molecular complexity index is 596. The highest BCUT2D eigenvalue weighted by molar-refractivity contribution is 7.85. The molecule has 8 heteroatoms. The van der Waals surface area contributed by atoms with Crippen molar-refractivity contribution in [3.63, 3.8) is 0 Å². The Balaban J connectivity index is 2.05. The smallest absolute Gasteiger partial charge is 0.225 e. The summed E-state index contributed by atoms with van der Waals surface area (Å²) in [5, 5.41) is 9.03. The number of aliphatic hydroxyl groups excluding tert-OH is 1. The molecule has 0 bridgehead atoms. The van der Waals surface area contributed by atoms with Crippen LogP contribution in [0.25, 0.3) is 0 Å². The molecular formula is C15H24N3O4S-. The first-order valence-electron chi connectivity index (χ1n) is 7.98. The Kier molecular flexibility index (Phi) is 5.94.